The van der Waals surface area contributed by atoms with E-state index in [9.17, 15) is 19.7 Å². The quantitative estimate of drug-likeness (QED) is 0.308. The minimum Gasteiger partial charge on any atom is -0.497 e. The van der Waals surface area contributed by atoms with E-state index in [0.29, 0.717) is 17.0 Å². The number of amides is 2. The summed E-state index contributed by atoms with van der Waals surface area (Å²) < 4.78 is 5.13. The predicted molar refractivity (Wildman–Crippen MR) is 122 cm³/mol. The van der Waals surface area contributed by atoms with E-state index in [0.717, 1.165) is 0 Å². The Balaban J connectivity index is 1.88. The van der Waals surface area contributed by atoms with E-state index in [2.05, 4.69) is 10.6 Å². The predicted octanol–water partition coefficient (Wildman–Crippen LogP) is 4.67. The van der Waals surface area contributed by atoms with Crippen LogP contribution in [-0.4, -0.2) is 23.8 Å². The average Bonchev–Trinajstić information content (AvgIpc) is 2.79. The molecule has 0 heterocycles. The molecule has 0 fully saturated rings. The van der Waals surface area contributed by atoms with Crippen LogP contribution in [-0.2, 0) is 4.79 Å². The lowest BCUT2D eigenvalue weighted by molar-refractivity contribution is -0.384. The molecule has 9 heteroatoms. The summed E-state index contributed by atoms with van der Waals surface area (Å²) in [6.45, 7) is 0. The van der Waals surface area contributed by atoms with Crippen molar-refractivity contribution in [2.24, 2.45) is 0 Å². The average molecular weight is 452 g/mol. The van der Waals surface area contributed by atoms with E-state index in [4.69, 9.17) is 16.3 Å². The van der Waals surface area contributed by atoms with Crippen LogP contribution in [0.5, 0.6) is 5.75 Å². The maximum Gasteiger partial charge on any atom is 0.272 e. The van der Waals surface area contributed by atoms with Gasteiger partial charge in [0.2, 0.25) is 0 Å². The number of ether oxygens (including phenoxy) is 1. The Morgan fingerprint density at radius 3 is 2.25 bits per heavy atom. The third-order valence-corrected chi connectivity index (χ3v) is 4.70. The monoisotopic (exact) mass is 451 g/mol. The molecular formula is C23H18ClN3O5. The first-order valence-electron chi connectivity index (χ1n) is 9.35. The van der Waals surface area contributed by atoms with Crippen LogP contribution in [0.2, 0.25) is 5.02 Å². The molecule has 0 radical (unpaired) electrons. The highest BCUT2D eigenvalue weighted by molar-refractivity contribution is 6.34. The number of hydrogen-bond acceptors (Lipinski definition) is 5. The fourth-order valence-electron chi connectivity index (χ4n) is 2.73. The van der Waals surface area contributed by atoms with Gasteiger partial charge in [0.1, 0.15) is 11.4 Å². The first kappa shape index (κ1) is 22.5. The Labute approximate surface area is 188 Å². The van der Waals surface area contributed by atoms with E-state index in [1.807, 2.05) is 0 Å². The molecule has 162 valence electrons. The van der Waals surface area contributed by atoms with Crippen molar-refractivity contribution in [2.45, 2.75) is 0 Å². The number of anilines is 1. The fourth-order valence-corrected chi connectivity index (χ4v) is 2.95. The SMILES string of the molecule is COc1ccc(C=C(NC(=O)c2ccccc2Cl)C(=O)Nc2ccc([N+](=O)[O-])cc2)cc1. The normalized spacial score (nSPS) is 10.9. The van der Waals surface area contributed by atoms with Crippen molar-refractivity contribution < 1.29 is 19.2 Å². The summed E-state index contributed by atoms with van der Waals surface area (Å²) in [6, 6.07) is 18.7. The number of rotatable bonds is 7. The molecule has 0 unspecified atom stereocenters. The van der Waals surface area contributed by atoms with Crippen LogP contribution in [0, 0.1) is 10.1 Å². The number of nitrogens with zero attached hydrogens (tertiary/aromatic N) is 1. The zero-order chi connectivity index (χ0) is 23.1. The van der Waals surface area contributed by atoms with Crippen molar-refractivity contribution in [2.75, 3.05) is 12.4 Å². The number of nitrogens with one attached hydrogen (secondary N) is 2. The molecule has 0 aliphatic heterocycles. The van der Waals surface area contributed by atoms with Crippen molar-refractivity contribution in [1.29, 1.82) is 0 Å². The summed E-state index contributed by atoms with van der Waals surface area (Å²) in [5.74, 6) is -0.538. The van der Waals surface area contributed by atoms with E-state index >= 15 is 0 Å². The lowest BCUT2D eigenvalue weighted by atomic mass is 10.1. The lowest BCUT2D eigenvalue weighted by Crippen LogP contribution is -2.30. The standard InChI is InChI=1S/C23H18ClN3O5/c1-32-18-12-6-15(7-13-18)14-21(26-22(28)19-4-2-3-5-20(19)24)23(29)25-16-8-10-17(11-9-16)27(30)31/h2-14H,1H3,(H,25,29)(H,26,28). The second kappa shape index (κ2) is 10.2. The van der Waals surface area contributed by atoms with E-state index < -0.39 is 16.7 Å². The summed E-state index contributed by atoms with van der Waals surface area (Å²) >= 11 is 6.10. The van der Waals surface area contributed by atoms with Crippen LogP contribution in [0.1, 0.15) is 15.9 Å². The molecule has 3 rings (SSSR count). The van der Waals surface area contributed by atoms with Crippen molar-refractivity contribution in [3.8, 4) is 5.75 Å². The zero-order valence-corrected chi connectivity index (χ0v) is 17.6. The Hall–Kier alpha value is -4.17. The van der Waals surface area contributed by atoms with Crippen LogP contribution in [0.25, 0.3) is 6.08 Å². The number of benzene rings is 3. The molecule has 3 aromatic rings. The minimum absolute atomic E-state index is 0.0431. The van der Waals surface area contributed by atoms with Gasteiger partial charge in [-0.05, 0) is 48.0 Å². The highest BCUT2D eigenvalue weighted by atomic mass is 35.5. The van der Waals surface area contributed by atoms with Gasteiger partial charge in [0.15, 0.2) is 0 Å². The molecular weight excluding hydrogens is 434 g/mol. The van der Waals surface area contributed by atoms with Crippen molar-refractivity contribution in [1.82, 2.24) is 5.32 Å². The van der Waals surface area contributed by atoms with Crippen LogP contribution in [0.3, 0.4) is 0 Å². The van der Waals surface area contributed by atoms with Crippen LogP contribution in [0.15, 0.2) is 78.5 Å². The number of carbonyl (C=O) groups excluding carboxylic acids is 2. The Morgan fingerprint density at radius 1 is 1.00 bits per heavy atom. The molecule has 2 N–H and O–H groups in total. The molecule has 0 atom stereocenters. The van der Waals surface area contributed by atoms with Gasteiger partial charge < -0.3 is 15.4 Å². The summed E-state index contributed by atoms with van der Waals surface area (Å²) in [5, 5.41) is 16.3. The molecule has 0 aliphatic rings. The molecule has 0 aliphatic carbocycles. The van der Waals surface area contributed by atoms with Gasteiger partial charge >= 0.3 is 0 Å². The van der Waals surface area contributed by atoms with Gasteiger partial charge in [0.05, 0.1) is 22.6 Å². The smallest absolute Gasteiger partial charge is 0.272 e. The van der Waals surface area contributed by atoms with Gasteiger partial charge in [-0.25, -0.2) is 0 Å². The molecule has 8 nitrogen and oxygen atoms in total. The fraction of sp³-hybridized carbons (Fsp3) is 0.0435. The molecule has 0 saturated heterocycles. The van der Waals surface area contributed by atoms with Crippen molar-refractivity contribution in [3.05, 3.63) is 105 Å². The van der Waals surface area contributed by atoms with E-state index in [-0.39, 0.29) is 22.0 Å². The second-order valence-electron chi connectivity index (χ2n) is 6.52. The van der Waals surface area contributed by atoms with Gasteiger partial charge in [-0.2, -0.15) is 0 Å². The number of halogens is 1. The zero-order valence-electron chi connectivity index (χ0n) is 16.9. The van der Waals surface area contributed by atoms with Gasteiger partial charge in [-0.3, -0.25) is 19.7 Å². The number of nitro benzene ring substituents is 1. The van der Waals surface area contributed by atoms with Gasteiger partial charge in [0.25, 0.3) is 17.5 Å². The maximum absolute atomic E-state index is 12.9. The van der Waals surface area contributed by atoms with Crippen molar-refractivity contribution in [3.63, 3.8) is 0 Å². The summed E-state index contributed by atoms with van der Waals surface area (Å²) in [7, 11) is 1.54. The van der Waals surface area contributed by atoms with Gasteiger partial charge in [-0.1, -0.05) is 35.9 Å². The largest absolute Gasteiger partial charge is 0.497 e. The topological polar surface area (TPSA) is 111 Å². The highest BCUT2D eigenvalue weighted by Crippen LogP contribution is 2.19. The third-order valence-electron chi connectivity index (χ3n) is 4.37. The maximum atomic E-state index is 12.9. The molecule has 0 saturated carbocycles. The molecule has 0 bridgehead atoms. The van der Waals surface area contributed by atoms with Crippen LogP contribution < -0.4 is 15.4 Å². The summed E-state index contributed by atoms with van der Waals surface area (Å²) in [4.78, 5) is 35.9. The summed E-state index contributed by atoms with van der Waals surface area (Å²) in [6.07, 6.45) is 1.49. The highest BCUT2D eigenvalue weighted by Gasteiger charge is 2.17. The number of non-ortho nitro benzene ring substituents is 1. The Kier molecular flexibility index (Phi) is 7.20. The number of nitro groups is 1. The molecule has 2 amide bonds. The Morgan fingerprint density at radius 2 is 1.66 bits per heavy atom. The third kappa shape index (κ3) is 5.71. The lowest BCUT2D eigenvalue weighted by Gasteiger charge is -2.12. The van der Waals surface area contributed by atoms with Gasteiger partial charge in [-0.15, -0.1) is 0 Å². The number of carbonyl (C=O) groups is 2. The van der Waals surface area contributed by atoms with Crippen molar-refractivity contribution >= 4 is 40.9 Å². The Bertz CT molecular complexity index is 1170. The second-order valence-corrected chi connectivity index (χ2v) is 6.93. The van der Waals surface area contributed by atoms with Crippen LogP contribution in [0.4, 0.5) is 11.4 Å². The minimum atomic E-state index is -0.616. The first-order chi connectivity index (χ1) is 15.4. The molecule has 3 aromatic carbocycles. The number of methoxy groups -OCH3 is 1. The molecule has 32 heavy (non-hydrogen) atoms. The molecule has 0 spiro atoms. The number of hydrogen-bond donors (Lipinski definition) is 2. The van der Waals surface area contributed by atoms with Crippen LogP contribution >= 0.6 is 11.6 Å². The van der Waals surface area contributed by atoms with E-state index in [1.165, 1.54) is 43.5 Å². The molecule has 0 aromatic heterocycles. The first-order valence-corrected chi connectivity index (χ1v) is 9.72. The summed E-state index contributed by atoms with van der Waals surface area (Å²) in [5.41, 5.74) is 1.02. The van der Waals surface area contributed by atoms with E-state index in [1.54, 1.807) is 42.5 Å². The van der Waals surface area contributed by atoms with Gasteiger partial charge in [0, 0.05) is 17.8 Å².